The normalized spacial score (nSPS) is 13.5. The van der Waals surface area contributed by atoms with E-state index >= 15 is 0 Å². The lowest BCUT2D eigenvalue weighted by Crippen LogP contribution is -2.17. The first-order chi connectivity index (χ1) is 56.5. The zero-order valence-electron chi connectivity index (χ0n) is 67.3. The molecule has 0 saturated heterocycles. The lowest BCUT2D eigenvalue weighted by atomic mass is 9.81. The smallest absolute Gasteiger partial charge is 0.0490 e. The number of nitrogens with zero attached hydrogens (tertiary/aromatic N) is 4. The van der Waals surface area contributed by atoms with Crippen LogP contribution in [0, 0.1) is 20.8 Å². The summed E-state index contributed by atoms with van der Waals surface area (Å²) in [6.07, 6.45) is 9.05. The quantitative estimate of drug-likeness (QED) is 0.0794. The van der Waals surface area contributed by atoms with Gasteiger partial charge in [0.2, 0.25) is 0 Å². The predicted molar refractivity (Wildman–Crippen MR) is 494 cm³/mol. The van der Waals surface area contributed by atoms with Gasteiger partial charge in [-0.15, -0.1) is 0 Å². The lowest BCUT2D eigenvalue weighted by Gasteiger charge is -2.29. The highest BCUT2D eigenvalue weighted by Crippen LogP contribution is 2.57. The summed E-state index contributed by atoms with van der Waals surface area (Å²) in [7, 11) is 0. The zero-order chi connectivity index (χ0) is 79.0. The van der Waals surface area contributed by atoms with Crippen molar-refractivity contribution >= 4 is 92.6 Å². The highest BCUT2D eigenvalue weighted by molar-refractivity contribution is 5.98. The highest BCUT2D eigenvalue weighted by atomic mass is 15.2. The second-order valence-corrected chi connectivity index (χ2v) is 33.1. The van der Waals surface area contributed by atoms with Gasteiger partial charge in [0, 0.05) is 84.5 Å². The molecule has 0 spiro atoms. The molecule has 0 heterocycles. The van der Waals surface area contributed by atoms with Crippen LogP contribution in [-0.4, -0.2) is 0 Å². The molecule has 116 heavy (non-hydrogen) atoms. The van der Waals surface area contributed by atoms with Gasteiger partial charge in [-0.1, -0.05) is 296 Å². The highest BCUT2D eigenvalue weighted by Gasteiger charge is 2.40. The number of hydrogen-bond acceptors (Lipinski definition) is 4. The zero-order valence-corrected chi connectivity index (χ0v) is 67.3. The maximum atomic E-state index is 2.47. The monoisotopic (exact) mass is 1490 g/mol. The molecular weight excluding hydrogens is 1400 g/mol. The third kappa shape index (κ3) is 12.9. The van der Waals surface area contributed by atoms with Crippen LogP contribution in [0.5, 0.6) is 0 Å². The Morgan fingerprint density at radius 1 is 0.190 bits per heavy atom. The summed E-state index contributed by atoms with van der Waals surface area (Å²) in [4.78, 5) is 9.59. The maximum Gasteiger partial charge on any atom is 0.0490 e. The minimum Gasteiger partial charge on any atom is -0.310 e. The Labute approximate surface area is 684 Å². The molecule has 0 saturated carbocycles. The van der Waals surface area contributed by atoms with Crippen molar-refractivity contribution in [2.24, 2.45) is 0 Å². The number of hydrogen-bond donors (Lipinski definition) is 0. The number of anilines is 12. The molecule has 0 atom stereocenters. The van der Waals surface area contributed by atoms with Crippen LogP contribution >= 0.6 is 0 Å². The van der Waals surface area contributed by atoms with Gasteiger partial charge in [0.25, 0.3) is 0 Å². The predicted octanol–water partition coefficient (Wildman–Crippen LogP) is 31.1. The molecule has 4 heteroatoms. The van der Waals surface area contributed by atoms with Gasteiger partial charge < -0.3 is 19.6 Å². The average Bonchev–Trinajstić information content (AvgIpc) is 1.57. The van der Waals surface area contributed by atoms with Crippen molar-refractivity contribution in [3.05, 3.63) is 442 Å². The SMILES string of the molecule is Cc1ccccc1N(c1ccc(C=Cc2ccc3c(c2)C(C)(C)c2cc(N(c4ccccc4)c4ccccc4)ccc2-3)cc1)c1ccc2c(c1)C(C)(C)c1cccc(-c3c(C)cc(N(c4ccc(C=Cc5ccc6c(c5)C(C)(C)c5cc(N(c7ccccc7)c7ccccc7)ccc5-6)cc4)c4ccc(-c5ccccc5)cc4)cc3C)c1-2. The summed E-state index contributed by atoms with van der Waals surface area (Å²) in [5.74, 6) is 0. The molecule has 3 aliphatic carbocycles. The minimum atomic E-state index is -0.288. The fourth-order valence-electron chi connectivity index (χ4n) is 18.8. The number of rotatable bonds is 18. The molecule has 3 aliphatic rings. The second kappa shape index (κ2) is 29.3. The summed E-state index contributed by atoms with van der Waals surface area (Å²) in [6.45, 7) is 21.1. The van der Waals surface area contributed by atoms with Gasteiger partial charge in [-0.05, 0) is 288 Å². The van der Waals surface area contributed by atoms with E-state index in [9.17, 15) is 0 Å². The Balaban J connectivity index is 0.599. The van der Waals surface area contributed by atoms with Gasteiger partial charge in [-0.25, -0.2) is 0 Å². The van der Waals surface area contributed by atoms with Crippen molar-refractivity contribution in [1.82, 2.24) is 0 Å². The van der Waals surface area contributed by atoms with E-state index in [4.69, 9.17) is 0 Å². The molecule has 0 amide bonds. The lowest BCUT2D eigenvalue weighted by molar-refractivity contribution is 0.660. The van der Waals surface area contributed by atoms with Crippen molar-refractivity contribution in [3.63, 3.8) is 0 Å². The van der Waals surface area contributed by atoms with Crippen LogP contribution < -0.4 is 19.6 Å². The van der Waals surface area contributed by atoms with E-state index in [1.807, 2.05) is 0 Å². The Morgan fingerprint density at radius 2 is 0.500 bits per heavy atom. The van der Waals surface area contributed by atoms with Crippen LogP contribution in [0.15, 0.2) is 370 Å². The minimum absolute atomic E-state index is 0.200. The van der Waals surface area contributed by atoms with Crippen molar-refractivity contribution in [1.29, 1.82) is 0 Å². The van der Waals surface area contributed by atoms with E-state index in [0.29, 0.717) is 0 Å². The molecule has 560 valence electrons. The van der Waals surface area contributed by atoms with Gasteiger partial charge in [0.15, 0.2) is 0 Å². The molecule has 4 nitrogen and oxygen atoms in total. The fourth-order valence-corrected chi connectivity index (χ4v) is 18.8. The molecule has 0 N–H and O–H groups in total. The number of para-hydroxylation sites is 5. The summed E-state index contributed by atoms with van der Waals surface area (Å²) in [6, 6.07) is 136. The molecule has 0 bridgehead atoms. The molecule has 16 aromatic rings. The third-order valence-corrected chi connectivity index (χ3v) is 24.8. The van der Waals surface area contributed by atoms with Gasteiger partial charge in [-0.2, -0.15) is 0 Å². The number of fused-ring (bicyclic) bond motifs is 9. The fraction of sp³-hybridized carbons (Fsp3) is 0.107. The molecule has 0 aliphatic heterocycles. The number of aryl methyl sites for hydroxylation is 3. The van der Waals surface area contributed by atoms with Crippen molar-refractivity contribution in [2.45, 2.75) is 78.6 Å². The largest absolute Gasteiger partial charge is 0.310 e. The summed E-state index contributed by atoms with van der Waals surface area (Å²) in [5, 5.41) is 0. The van der Waals surface area contributed by atoms with Gasteiger partial charge in [0.1, 0.15) is 0 Å². The van der Waals surface area contributed by atoms with Crippen LogP contribution in [0.4, 0.5) is 68.2 Å². The van der Waals surface area contributed by atoms with E-state index < -0.39 is 0 Å². The van der Waals surface area contributed by atoms with E-state index in [2.05, 4.69) is 476 Å². The second-order valence-electron chi connectivity index (χ2n) is 33.1. The molecule has 0 fully saturated rings. The summed E-state index contributed by atoms with van der Waals surface area (Å²) >= 11 is 0. The van der Waals surface area contributed by atoms with Gasteiger partial charge in [0.05, 0.1) is 0 Å². The van der Waals surface area contributed by atoms with Gasteiger partial charge in [-0.3, -0.25) is 0 Å². The standard InChI is InChI=1S/C112H92N4/c1-75-28-25-26-41-107(75)116(90-56-48-79(49-57-90)43-45-81-51-64-96-98-66-61-92(73-105(98)112(8,9)103(96)71-81)114(86-35-21-13-22-36-86)87-37-23-14-24-38-87)93-62-67-99-106(74-93)110(4,5)101-40-27-39-100(109(99)101)108-76(2)68-94(69-77(108)3)115(89-58-52-83(53-59-89)82-29-15-10-16-30-82)88-54-46-78(47-55-88)42-44-80-50-63-95-97-65-60-91(72-104(97)111(6,7)102(95)70-80)113(84-31-17-11-18-32-84)85-33-19-12-20-34-85/h10-74H,1-9H3. The van der Waals surface area contributed by atoms with Crippen LogP contribution in [0.25, 0.3) is 79.9 Å². The third-order valence-electron chi connectivity index (χ3n) is 24.8. The summed E-state index contributed by atoms with van der Waals surface area (Å²) < 4.78 is 0. The molecular formula is C112H92N4. The topological polar surface area (TPSA) is 13.0 Å². The van der Waals surface area contributed by atoms with E-state index in [1.54, 1.807) is 0 Å². The molecule has 0 radical (unpaired) electrons. The van der Waals surface area contributed by atoms with Crippen molar-refractivity contribution in [3.8, 4) is 55.6 Å². The molecule has 16 aromatic carbocycles. The summed E-state index contributed by atoms with van der Waals surface area (Å²) in [5.41, 5.74) is 41.8. The van der Waals surface area contributed by atoms with E-state index in [-0.39, 0.29) is 16.2 Å². The van der Waals surface area contributed by atoms with Crippen molar-refractivity contribution in [2.75, 3.05) is 19.6 Å². The molecule has 0 unspecified atom stereocenters. The van der Waals surface area contributed by atoms with Gasteiger partial charge >= 0.3 is 0 Å². The van der Waals surface area contributed by atoms with Crippen LogP contribution in [0.3, 0.4) is 0 Å². The Bertz CT molecular complexity index is 6370. The van der Waals surface area contributed by atoms with Crippen LogP contribution in [0.2, 0.25) is 0 Å². The average molecular weight is 1490 g/mol. The van der Waals surface area contributed by atoms with Crippen molar-refractivity contribution < 1.29 is 0 Å². The van der Waals surface area contributed by atoms with Crippen LogP contribution in [0.1, 0.15) is 114 Å². The molecule has 0 aromatic heterocycles. The Morgan fingerprint density at radius 3 is 0.948 bits per heavy atom. The Hall–Kier alpha value is -13.8. The maximum absolute atomic E-state index is 2.47. The molecule has 19 rings (SSSR count). The van der Waals surface area contributed by atoms with Crippen LogP contribution in [-0.2, 0) is 16.2 Å². The first-order valence-corrected chi connectivity index (χ1v) is 40.7. The Kier molecular flexibility index (Phi) is 18.3. The first kappa shape index (κ1) is 72.4. The van der Waals surface area contributed by atoms with E-state index in [1.165, 1.54) is 117 Å². The van der Waals surface area contributed by atoms with E-state index in [0.717, 1.165) is 79.4 Å². The number of benzene rings is 16. The first-order valence-electron chi connectivity index (χ1n) is 40.7.